The van der Waals surface area contributed by atoms with Crippen molar-refractivity contribution in [1.29, 1.82) is 0 Å². The summed E-state index contributed by atoms with van der Waals surface area (Å²) < 4.78 is 50.6. The lowest BCUT2D eigenvalue weighted by Crippen LogP contribution is -2.57. The monoisotopic (exact) mass is 393 g/mol. The number of rotatable bonds is 6. The first-order valence-corrected chi connectivity index (χ1v) is 9.74. The Bertz CT molecular complexity index is 849. The van der Waals surface area contributed by atoms with Gasteiger partial charge >= 0.3 is 6.30 Å². The number of hydrogen-bond donors (Lipinski definition) is 2. The number of ether oxygens (including phenoxy) is 1. The second kappa shape index (κ2) is 6.77. The van der Waals surface area contributed by atoms with E-state index in [4.69, 9.17) is 9.26 Å². The molecule has 1 saturated heterocycles. The zero-order valence-electron chi connectivity index (χ0n) is 15.3. The number of nitrogens with one attached hydrogen (secondary N) is 2. The largest absolute Gasteiger partial charge is 0.482 e. The number of aromatic nitrogens is 1. The average Bonchev–Trinajstić information content (AvgIpc) is 3.42. The molecule has 0 amide bonds. The molecule has 2 N–H and O–H groups in total. The Hall–Kier alpha value is -2.06. The summed E-state index contributed by atoms with van der Waals surface area (Å²) in [4.78, 5) is 0. The maximum Gasteiger partial charge on any atom is 0.482 e. The number of hydrogen-bond acceptors (Lipinski definition) is 5. The van der Waals surface area contributed by atoms with Gasteiger partial charge in [-0.3, -0.25) is 5.32 Å². The molecule has 3 aliphatic rings. The van der Waals surface area contributed by atoms with E-state index in [9.17, 15) is 13.2 Å². The lowest BCUT2D eigenvalue weighted by Gasteiger charge is -2.49. The van der Waals surface area contributed by atoms with E-state index in [2.05, 4.69) is 10.5 Å². The van der Waals surface area contributed by atoms with Crippen LogP contribution in [0, 0.1) is 11.8 Å². The highest BCUT2D eigenvalue weighted by Crippen LogP contribution is 2.46. The zero-order chi connectivity index (χ0) is 19.3. The van der Waals surface area contributed by atoms with E-state index in [-0.39, 0.29) is 11.8 Å². The number of halogens is 3. The van der Waals surface area contributed by atoms with Crippen molar-refractivity contribution in [3.63, 3.8) is 0 Å². The highest BCUT2D eigenvalue weighted by Gasteiger charge is 2.45. The first-order chi connectivity index (χ1) is 13.5. The second-order valence-electron chi connectivity index (χ2n) is 8.01. The SMILES string of the molecule is FC(F)(F)Nc1ccccc1-c1noc(C2CC2)c1COC1C2CNCC1C2. The molecule has 8 heteroatoms. The Morgan fingerprint density at radius 3 is 2.61 bits per heavy atom. The first kappa shape index (κ1) is 18.0. The molecule has 1 aliphatic heterocycles. The summed E-state index contributed by atoms with van der Waals surface area (Å²) >= 11 is 0. The molecular weight excluding hydrogens is 371 g/mol. The van der Waals surface area contributed by atoms with E-state index in [1.807, 2.05) is 0 Å². The minimum atomic E-state index is -4.52. The molecule has 2 saturated carbocycles. The smallest absolute Gasteiger partial charge is 0.373 e. The molecule has 2 aliphatic carbocycles. The fraction of sp³-hybridized carbons (Fsp3) is 0.550. The number of piperidine rings is 2. The third-order valence-electron chi connectivity index (χ3n) is 5.99. The van der Waals surface area contributed by atoms with Gasteiger partial charge < -0.3 is 14.6 Å². The Balaban J connectivity index is 1.44. The van der Waals surface area contributed by atoms with Gasteiger partial charge in [-0.1, -0.05) is 23.4 Å². The van der Waals surface area contributed by atoms with Crippen LogP contribution in [0.15, 0.2) is 28.8 Å². The molecule has 0 radical (unpaired) electrons. The van der Waals surface area contributed by atoms with Gasteiger partial charge in [-0.2, -0.15) is 13.2 Å². The lowest BCUT2D eigenvalue weighted by molar-refractivity contribution is -0.118. The van der Waals surface area contributed by atoms with Crippen molar-refractivity contribution in [3.8, 4) is 11.3 Å². The summed E-state index contributed by atoms with van der Waals surface area (Å²) in [6.07, 6.45) is -1.10. The summed E-state index contributed by atoms with van der Waals surface area (Å²) in [6.45, 7) is 2.25. The number of para-hydroxylation sites is 1. The van der Waals surface area contributed by atoms with Crippen LogP contribution in [0.2, 0.25) is 0 Å². The van der Waals surface area contributed by atoms with Crippen LogP contribution in [0.5, 0.6) is 0 Å². The van der Waals surface area contributed by atoms with E-state index in [1.54, 1.807) is 23.5 Å². The molecule has 0 spiro atoms. The van der Waals surface area contributed by atoms with Crippen LogP contribution in [-0.4, -0.2) is 30.7 Å². The van der Waals surface area contributed by atoms with E-state index >= 15 is 0 Å². The molecule has 2 aromatic rings. The Morgan fingerprint density at radius 2 is 1.93 bits per heavy atom. The number of fused-ring (bicyclic) bond motifs is 2. The van der Waals surface area contributed by atoms with E-state index in [1.165, 1.54) is 12.5 Å². The highest BCUT2D eigenvalue weighted by molar-refractivity contribution is 5.77. The summed E-state index contributed by atoms with van der Waals surface area (Å²) in [5.74, 6) is 2.10. The predicted molar refractivity (Wildman–Crippen MR) is 96.6 cm³/mol. The van der Waals surface area contributed by atoms with Crippen molar-refractivity contribution in [1.82, 2.24) is 10.5 Å². The fourth-order valence-corrected chi connectivity index (χ4v) is 4.44. The Labute approximate surface area is 160 Å². The van der Waals surface area contributed by atoms with Gasteiger partial charge in [-0.15, -0.1) is 0 Å². The summed E-state index contributed by atoms with van der Waals surface area (Å²) in [6, 6.07) is 6.31. The fourth-order valence-electron chi connectivity index (χ4n) is 4.44. The van der Waals surface area contributed by atoms with Crippen LogP contribution >= 0.6 is 0 Å². The quantitative estimate of drug-likeness (QED) is 0.718. The Kier molecular flexibility index (Phi) is 4.35. The van der Waals surface area contributed by atoms with Crippen LogP contribution in [0.4, 0.5) is 18.9 Å². The van der Waals surface area contributed by atoms with Gasteiger partial charge in [0.15, 0.2) is 0 Å². The first-order valence-electron chi connectivity index (χ1n) is 9.74. The summed E-state index contributed by atoms with van der Waals surface area (Å²) in [5, 5.41) is 9.16. The van der Waals surface area contributed by atoms with Crippen molar-refractivity contribution in [3.05, 3.63) is 35.6 Å². The van der Waals surface area contributed by atoms with Gasteiger partial charge in [0.1, 0.15) is 11.5 Å². The van der Waals surface area contributed by atoms with Gasteiger partial charge in [0.2, 0.25) is 0 Å². The number of benzene rings is 1. The number of nitrogens with zero attached hydrogens (tertiary/aromatic N) is 1. The highest BCUT2D eigenvalue weighted by atomic mass is 19.4. The molecule has 2 atom stereocenters. The van der Waals surface area contributed by atoms with Crippen molar-refractivity contribution in [2.45, 2.75) is 44.2 Å². The topological polar surface area (TPSA) is 59.3 Å². The molecule has 2 heterocycles. The second-order valence-corrected chi connectivity index (χ2v) is 8.01. The molecule has 5 rings (SSSR count). The lowest BCUT2D eigenvalue weighted by atomic mass is 9.69. The van der Waals surface area contributed by atoms with E-state index < -0.39 is 6.30 Å². The van der Waals surface area contributed by atoms with Gasteiger partial charge in [0, 0.05) is 30.1 Å². The van der Waals surface area contributed by atoms with Crippen LogP contribution in [-0.2, 0) is 11.3 Å². The summed E-state index contributed by atoms with van der Waals surface area (Å²) in [7, 11) is 0. The zero-order valence-corrected chi connectivity index (χ0v) is 15.3. The third-order valence-corrected chi connectivity index (χ3v) is 5.99. The Morgan fingerprint density at radius 1 is 1.18 bits per heavy atom. The normalized spacial score (nSPS) is 26.8. The van der Waals surface area contributed by atoms with Crippen LogP contribution < -0.4 is 10.6 Å². The molecule has 5 nitrogen and oxygen atoms in total. The van der Waals surface area contributed by atoms with Crippen LogP contribution in [0.3, 0.4) is 0 Å². The minimum Gasteiger partial charge on any atom is -0.373 e. The number of alkyl halides is 3. The maximum atomic E-state index is 12.9. The van der Waals surface area contributed by atoms with E-state index in [0.29, 0.717) is 35.6 Å². The van der Waals surface area contributed by atoms with Crippen molar-refractivity contribution < 1.29 is 22.4 Å². The van der Waals surface area contributed by atoms with Crippen molar-refractivity contribution in [2.24, 2.45) is 11.8 Å². The molecule has 1 aromatic carbocycles. The molecule has 150 valence electrons. The van der Waals surface area contributed by atoms with Crippen molar-refractivity contribution in [2.75, 3.05) is 18.4 Å². The number of anilines is 1. The summed E-state index contributed by atoms with van der Waals surface area (Å²) in [5.41, 5.74) is 1.58. The van der Waals surface area contributed by atoms with Gasteiger partial charge in [0.25, 0.3) is 0 Å². The molecule has 1 aromatic heterocycles. The molecule has 2 bridgehead atoms. The third kappa shape index (κ3) is 3.39. The standard InChI is InChI=1S/C20H22F3N3O2/c21-20(22,23)25-16-4-2-1-3-14(16)17-15(19(28-26-17)11-5-6-11)10-27-18-12-7-13(18)9-24-8-12/h1-4,11-13,18,24-25H,5-10H2. The van der Waals surface area contributed by atoms with Crippen molar-refractivity contribution >= 4 is 5.69 Å². The maximum absolute atomic E-state index is 12.9. The average molecular weight is 393 g/mol. The molecule has 28 heavy (non-hydrogen) atoms. The van der Waals surface area contributed by atoms with Gasteiger partial charge in [-0.25, -0.2) is 0 Å². The predicted octanol–water partition coefficient (Wildman–Crippen LogP) is 4.28. The van der Waals surface area contributed by atoms with Crippen LogP contribution in [0.25, 0.3) is 11.3 Å². The van der Waals surface area contributed by atoms with Gasteiger partial charge in [0.05, 0.1) is 18.4 Å². The molecule has 3 fully saturated rings. The van der Waals surface area contributed by atoms with Crippen LogP contribution in [0.1, 0.15) is 36.5 Å². The molecular formula is C20H22F3N3O2. The van der Waals surface area contributed by atoms with Gasteiger partial charge in [-0.05, 0) is 37.2 Å². The molecule has 2 unspecified atom stereocenters. The minimum absolute atomic E-state index is 0.0309. The van der Waals surface area contributed by atoms with E-state index in [0.717, 1.165) is 37.3 Å².